The Kier molecular flexibility index (Phi) is 11.9. The van der Waals surface area contributed by atoms with Gasteiger partial charge in [-0.2, -0.15) is 0 Å². The van der Waals surface area contributed by atoms with Crippen molar-refractivity contribution in [3.63, 3.8) is 0 Å². The summed E-state index contributed by atoms with van der Waals surface area (Å²) in [6.45, 7) is 6.84. The normalized spacial score (nSPS) is 12.7. The molecule has 1 N–H and O–H groups in total. The van der Waals surface area contributed by atoms with Gasteiger partial charge in [-0.1, -0.05) is 102 Å². The van der Waals surface area contributed by atoms with Crippen LogP contribution in [0, 0.1) is 13.8 Å². The Labute approximate surface area is 282 Å². The lowest BCUT2D eigenvalue weighted by molar-refractivity contribution is -0.140. The molecule has 0 saturated heterocycles. The van der Waals surface area contributed by atoms with Crippen LogP contribution in [0.5, 0.6) is 0 Å². The number of hydrogen-bond acceptors (Lipinski definition) is 4. The first-order valence-electron chi connectivity index (χ1n) is 15.1. The van der Waals surface area contributed by atoms with Gasteiger partial charge in [-0.3, -0.25) is 13.9 Å². The fourth-order valence-electron chi connectivity index (χ4n) is 5.02. The molecular weight excluding hydrogens is 641 g/mol. The Morgan fingerprint density at radius 2 is 1.46 bits per heavy atom. The van der Waals surface area contributed by atoms with Crippen LogP contribution in [-0.4, -0.2) is 43.8 Å². The van der Waals surface area contributed by atoms with Crippen LogP contribution in [-0.2, 0) is 32.6 Å². The van der Waals surface area contributed by atoms with Crippen molar-refractivity contribution in [1.82, 2.24) is 10.2 Å². The average molecular weight is 681 g/mol. The van der Waals surface area contributed by atoms with E-state index in [1.165, 1.54) is 17.0 Å². The van der Waals surface area contributed by atoms with Gasteiger partial charge in [0.05, 0.1) is 10.6 Å². The van der Waals surface area contributed by atoms with Gasteiger partial charge in [0.25, 0.3) is 10.0 Å². The van der Waals surface area contributed by atoms with Gasteiger partial charge in [-0.15, -0.1) is 0 Å². The van der Waals surface area contributed by atoms with E-state index in [1.54, 1.807) is 61.5 Å². The lowest BCUT2D eigenvalue weighted by Crippen LogP contribution is -2.54. The Morgan fingerprint density at radius 3 is 2.11 bits per heavy atom. The fourth-order valence-corrected chi connectivity index (χ4v) is 6.86. The molecule has 0 radical (unpaired) electrons. The van der Waals surface area contributed by atoms with Gasteiger partial charge < -0.3 is 10.2 Å². The third kappa shape index (κ3) is 8.49. The van der Waals surface area contributed by atoms with Crippen LogP contribution in [0.1, 0.15) is 42.5 Å². The number of hydrogen-bond donors (Lipinski definition) is 1. The topological polar surface area (TPSA) is 86.8 Å². The summed E-state index contributed by atoms with van der Waals surface area (Å²) >= 11 is 13.0. The number of nitrogens with one attached hydrogen (secondary N) is 1. The second-order valence-electron chi connectivity index (χ2n) is 11.3. The molecule has 0 aliphatic heterocycles. The number of rotatable bonds is 13. The molecule has 0 unspecified atom stereocenters. The highest BCUT2D eigenvalue weighted by Gasteiger charge is 2.35. The van der Waals surface area contributed by atoms with Gasteiger partial charge in [0.1, 0.15) is 12.6 Å². The van der Waals surface area contributed by atoms with Crippen molar-refractivity contribution in [1.29, 1.82) is 0 Å². The first-order chi connectivity index (χ1) is 21.9. The number of nitrogens with zero attached hydrogens (tertiary/aromatic N) is 2. The molecular formula is C36H39Cl2N3O4S. The number of carbonyl (C=O) groups excluding carboxylic acids is 2. The molecule has 0 spiro atoms. The number of carbonyl (C=O) groups is 2. The summed E-state index contributed by atoms with van der Waals surface area (Å²) in [7, 11) is -4.25. The molecule has 4 aromatic carbocycles. The van der Waals surface area contributed by atoms with Gasteiger partial charge in [-0.25, -0.2) is 8.42 Å². The van der Waals surface area contributed by atoms with Gasteiger partial charge in [0, 0.05) is 29.1 Å². The zero-order valence-corrected chi connectivity index (χ0v) is 28.7. The molecule has 10 heteroatoms. The molecule has 46 heavy (non-hydrogen) atoms. The SMILES string of the molecule is CC[C@@H](C)NC(=O)[C@H](Cc1ccccc1)N(Cc1ccccc1Cl)C(=O)CN(c1cccc(Cl)c1C)S(=O)(=O)c1ccc(C)cc1. The number of benzene rings is 4. The molecule has 0 fully saturated rings. The summed E-state index contributed by atoms with van der Waals surface area (Å²) in [5, 5.41) is 3.82. The molecule has 4 rings (SSSR count). The standard InChI is InChI=1S/C36H39Cl2N3O4S/c1-5-26(3)39-36(43)34(22-28-12-7-6-8-13-28)40(23-29-14-9-10-15-32(29)38)35(42)24-41(33-17-11-16-31(37)27(33)4)46(44,45)30-20-18-25(2)19-21-30/h6-21,26,34H,5,22-24H2,1-4H3,(H,39,43)/t26-,34+/m1/s1. The van der Waals surface area contributed by atoms with E-state index in [0.717, 1.165) is 15.4 Å². The van der Waals surface area contributed by atoms with Crippen LogP contribution in [0.15, 0.2) is 102 Å². The van der Waals surface area contributed by atoms with E-state index in [1.807, 2.05) is 51.1 Å². The van der Waals surface area contributed by atoms with Gasteiger partial charge in [-0.05, 0) is 74.2 Å². The van der Waals surface area contributed by atoms with Gasteiger partial charge in [0.2, 0.25) is 11.8 Å². The number of anilines is 1. The van der Waals surface area contributed by atoms with Crippen molar-refractivity contribution in [2.24, 2.45) is 0 Å². The second kappa shape index (κ2) is 15.6. The summed E-state index contributed by atoms with van der Waals surface area (Å²) in [6, 6.07) is 26.8. The summed E-state index contributed by atoms with van der Waals surface area (Å²) in [5.74, 6) is -0.916. The highest BCUT2D eigenvalue weighted by atomic mass is 35.5. The van der Waals surface area contributed by atoms with Crippen molar-refractivity contribution in [2.45, 2.75) is 64.1 Å². The van der Waals surface area contributed by atoms with E-state index >= 15 is 0 Å². The lowest BCUT2D eigenvalue weighted by atomic mass is 10.0. The minimum absolute atomic E-state index is 0.0170. The van der Waals surface area contributed by atoms with Crippen molar-refractivity contribution in [3.8, 4) is 0 Å². The lowest BCUT2D eigenvalue weighted by Gasteiger charge is -2.35. The zero-order valence-electron chi connectivity index (χ0n) is 26.4. The largest absolute Gasteiger partial charge is 0.352 e. The van der Waals surface area contributed by atoms with Crippen LogP contribution < -0.4 is 9.62 Å². The zero-order chi connectivity index (χ0) is 33.4. The van der Waals surface area contributed by atoms with Crippen LogP contribution in [0.25, 0.3) is 0 Å². The van der Waals surface area contributed by atoms with Crippen LogP contribution in [0.3, 0.4) is 0 Å². The number of halogens is 2. The third-order valence-corrected chi connectivity index (χ3v) is 10.5. The van der Waals surface area contributed by atoms with E-state index in [2.05, 4.69) is 5.32 Å². The minimum Gasteiger partial charge on any atom is -0.352 e. The molecule has 7 nitrogen and oxygen atoms in total. The van der Waals surface area contributed by atoms with E-state index in [0.29, 0.717) is 27.6 Å². The number of aryl methyl sites for hydroxylation is 1. The molecule has 2 amide bonds. The van der Waals surface area contributed by atoms with E-state index in [4.69, 9.17) is 23.2 Å². The fraction of sp³-hybridized carbons (Fsp3) is 0.278. The predicted octanol–water partition coefficient (Wildman–Crippen LogP) is 7.36. The highest BCUT2D eigenvalue weighted by molar-refractivity contribution is 7.92. The summed E-state index contributed by atoms with van der Waals surface area (Å²) < 4.78 is 29.6. The van der Waals surface area contributed by atoms with E-state index in [9.17, 15) is 18.0 Å². The second-order valence-corrected chi connectivity index (χ2v) is 14.0. The van der Waals surface area contributed by atoms with Crippen molar-refractivity contribution in [3.05, 3.63) is 129 Å². The quantitative estimate of drug-likeness (QED) is 0.160. The monoisotopic (exact) mass is 679 g/mol. The Morgan fingerprint density at radius 1 is 0.826 bits per heavy atom. The smallest absolute Gasteiger partial charge is 0.264 e. The number of sulfonamides is 1. The molecule has 242 valence electrons. The van der Waals surface area contributed by atoms with Crippen LogP contribution in [0.2, 0.25) is 10.0 Å². The summed E-state index contributed by atoms with van der Waals surface area (Å²) in [5.41, 5.74) is 3.13. The average Bonchev–Trinajstić information content (AvgIpc) is 3.04. The van der Waals surface area contributed by atoms with Crippen LogP contribution >= 0.6 is 23.2 Å². The Bertz CT molecular complexity index is 1770. The van der Waals surface area contributed by atoms with E-state index < -0.39 is 28.5 Å². The molecule has 4 aromatic rings. The molecule has 0 saturated carbocycles. The Hall–Kier alpha value is -3.85. The van der Waals surface area contributed by atoms with Crippen molar-refractivity contribution < 1.29 is 18.0 Å². The Balaban J connectivity index is 1.85. The summed E-state index contributed by atoms with van der Waals surface area (Å²) in [4.78, 5) is 30.0. The van der Waals surface area contributed by atoms with Crippen molar-refractivity contribution in [2.75, 3.05) is 10.8 Å². The maximum absolute atomic E-state index is 14.6. The maximum atomic E-state index is 14.6. The molecule has 0 aliphatic carbocycles. The first-order valence-corrected chi connectivity index (χ1v) is 17.3. The molecule has 2 atom stereocenters. The maximum Gasteiger partial charge on any atom is 0.264 e. The first kappa shape index (κ1) is 35.0. The highest BCUT2D eigenvalue weighted by Crippen LogP contribution is 2.32. The molecule has 0 aliphatic rings. The molecule has 0 bridgehead atoms. The predicted molar refractivity (Wildman–Crippen MR) is 186 cm³/mol. The summed E-state index contributed by atoms with van der Waals surface area (Å²) in [6.07, 6.45) is 0.902. The molecule has 0 heterocycles. The minimum atomic E-state index is -4.25. The number of amides is 2. The van der Waals surface area contributed by atoms with E-state index in [-0.39, 0.29) is 35.5 Å². The third-order valence-electron chi connectivity index (χ3n) is 7.97. The van der Waals surface area contributed by atoms with Crippen LogP contribution in [0.4, 0.5) is 5.69 Å². The van der Waals surface area contributed by atoms with Gasteiger partial charge >= 0.3 is 0 Å². The van der Waals surface area contributed by atoms with Gasteiger partial charge in [0.15, 0.2) is 0 Å². The van der Waals surface area contributed by atoms with Crippen molar-refractivity contribution >= 4 is 50.7 Å². The molecule has 0 aromatic heterocycles.